The summed E-state index contributed by atoms with van der Waals surface area (Å²) in [7, 11) is 1.66. The number of benzene rings is 2. The molecule has 4 nitrogen and oxygen atoms in total. The van der Waals surface area contributed by atoms with E-state index < -0.39 is 0 Å². The second kappa shape index (κ2) is 6.87. The third-order valence-corrected chi connectivity index (χ3v) is 5.46. The smallest absolute Gasteiger partial charge is 0.338 e. The lowest BCUT2D eigenvalue weighted by Crippen LogP contribution is -2.27. The summed E-state index contributed by atoms with van der Waals surface area (Å²) in [5.41, 5.74) is 4.00. The van der Waals surface area contributed by atoms with Crippen molar-refractivity contribution in [2.45, 2.75) is 31.1 Å². The molecule has 0 spiro atoms. The fraction of sp³-hybridized carbons (Fsp3) is 0.318. The van der Waals surface area contributed by atoms with Crippen molar-refractivity contribution in [3.05, 3.63) is 76.6 Å². The molecule has 2 aliphatic rings. The Kier molecular flexibility index (Phi) is 4.41. The van der Waals surface area contributed by atoms with Gasteiger partial charge in [-0.1, -0.05) is 36.4 Å². The summed E-state index contributed by atoms with van der Waals surface area (Å²) in [6, 6.07) is 16.3. The van der Waals surface area contributed by atoms with Gasteiger partial charge < -0.3 is 14.6 Å². The van der Waals surface area contributed by atoms with Gasteiger partial charge in [0.25, 0.3) is 0 Å². The Hall–Kier alpha value is -2.75. The lowest BCUT2D eigenvalue weighted by Gasteiger charge is -2.34. The standard InChI is InChI=1S/C22H22O4/c1-25-17-8-6-14(7-9-17)16-12-15-4-2-3-5-18(15)19(13-16)21-20(23)10-11-26-22(21)24/h2-9,16,19,23H,10-13H2,1H3. The van der Waals surface area contributed by atoms with Crippen molar-refractivity contribution < 1.29 is 19.4 Å². The predicted octanol–water partition coefficient (Wildman–Crippen LogP) is 4.27. The first-order valence-corrected chi connectivity index (χ1v) is 8.98. The predicted molar refractivity (Wildman–Crippen MR) is 98.5 cm³/mol. The van der Waals surface area contributed by atoms with E-state index >= 15 is 0 Å². The number of aliphatic hydroxyl groups excluding tert-OH is 1. The molecule has 1 aliphatic carbocycles. The maximum Gasteiger partial charge on any atom is 0.338 e. The molecular weight excluding hydrogens is 328 g/mol. The van der Waals surface area contributed by atoms with Crippen LogP contribution in [-0.4, -0.2) is 24.8 Å². The third kappa shape index (κ3) is 2.96. The molecule has 1 N–H and O–H groups in total. The van der Waals surface area contributed by atoms with Crippen LogP contribution in [0.15, 0.2) is 59.9 Å². The van der Waals surface area contributed by atoms with Crippen LogP contribution in [-0.2, 0) is 16.0 Å². The van der Waals surface area contributed by atoms with Crippen molar-refractivity contribution in [3.8, 4) is 5.75 Å². The molecule has 0 fully saturated rings. The minimum absolute atomic E-state index is 0.139. The molecule has 4 rings (SSSR count). The van der Waals surface area contributed by atoms with Crippen LogP contribution in [0.3, 0.4) is 0 Å². The molecule has 1 aliphatic heterocycles. The molecule has 2 unspecified atom stereocenters. The zero-order valence-electron chi connectivity index (χ0n) is 14.8. The minimum Gasteiger partial charge on any atom is -0.512 e. The fourth-order valence-electron chi connectivity index (χ4n) is 4.14. The van der Waals surface area contributed by atoms with E-state index in [4.69, 9.17) is 9.47 Å². The van der Waals surface area contributed by atoms with Crippen LogP contribution >= 0.6 is 0 Å². The van der Waals surface area contributed by atoms with E-state index in [9.17, 15) is 9.90 Å². The summed E-state index contributed by atoms with van der Waals surface area (Å²) >= 11 is 0. The number of hydrogen-bond acceptors (Lipinski definition) is 4. The number of esters is 1. The summed E-state index contributed by atoms with van der Waals surface area (Å²) in [4.78, 5) is 12.4. The van der Waals surface area contributed by atoms with Gasteiger partial charge in [0.2, 0.25) is 0 Å². The summed E-state index contributed by atoms with van der Waals surface area (Å²) in [6.07, 6.45) is 2.09. The van der Waals surface area contributed by atoms with Gasteiger partial charge in [0.15, 0.2) is 0 Å². The highest BCUT2D eigenvalue weighted by Gasteiger charge is 2.36. The fourth-order valence-corrected chi connectivity index (χ4v) is 4.14. The van der Waals surface area contributed by atoms with Gasteiger partial charge in [-0.3, -0.25) is 0 Å². The van der Waals surface area contributed by atoms with E-state index in [-0.39, 0.29) is 30.2 Å². The van der Waals surface area contributed by atoms with E-state index in [2.05, 4.69) is 24.3 Å². The quantitative estimate of drug-likeness (QED) is 0.840. The van der Waals surface area contributed by atoms with Crippen LogP contribution < -0.4 is 4.74 Å². The highest BCUT2D eigenvalue weighted by molar-refractivity contribution is 5.91. The average molecular weight is 350 g/mol. The number of cyclic esters (lactones) is 1. The summed E-state index contributed by atoms with van der Waals surface area (Å²) < 4.78 is 10.5. The number of hydrogen-bond donors (Lipinski definition) is 1. The Morgan fingerprint density at radius 1 is 1.12 bits per heavy atom. The van der Waals surface area contributed by atoms with Gasteiger partial charge in [-0.25, -0.2) is 4.79 Å². The monoisotopic (exact) mass is 350 g/mol. The van der Waals surface area contributed by atoms with Gasteiger partial charge in [0.1, 0.15) is 11.5 Å². The molecule has 2 atom stereocenters. The first-order valence-electron chi connectivity index (χ1n) is 8.98. The van der Waals surface area contributed by atoms with Gasteiger partial charge in [-0.15, -0.1) is 0 Å². The Balaban J connectivity index is 1.74. The third-order valence-electron chi connectivity index (χ3n) is 5.46. The Bertz CT molecular complexity index is 851. The average Bonchev–Trinajstić information content (AvgIpc) is 2.67. The highest BCUT2D eigenvalue weighted by atomic mass is 16.5. The highest BCUT2D eigenvalue weighted by Crippen LogP contribution is 2.45. The number of carbonyl (C=O) groups excluding carboxylic acids is 1. The van der Waals surface area contributed by atoms with Crippen molar-refractivity contribution in [1.82, 2.24) is 0 Å². The molecule has 1 heterocycles. The van der Waals surface area contributed by atoms with Crippen molar-refractivity contribution in [2.75, 3.05) is 13.7 Å². The zero-order valence-corrected chi connectivity index (χ0v) is 14.8. The maximum atomic E-state index is 12.4. The van der Waals surface area contributed by atoms with Gasteiger partial charge in [-0.05, 0) is 47.6 Å². The first-order chi connectivity index (χ1) is 12.7. The van der Waals surface area contributed by atoms with Gasteiger partial charge in [0, 0.05) is 12.3 Å². The Morgan fingerprint density at radius 3 is 2.62 bits per heavy atom. The van der Waals surface area contributed by atoms with Crippen LogP contribution in [0, 0.1) is 0 Å². The van der Waals surface area contributed by atoms with Crippen LogP contribution in [0.2, 0.25) is 0 Å². The molecule has 2 aromatic carbocycles. The van der Waals surface area contributed by atoms with Gasteiger partial charge >= 0.3 is 5.97 Å². The van der Waals surface area contributed by atoms with Crippen molar-refractivity contribution in [2.24, 2.45) is 0 Å². The molecule has 0 amide bonds. The van der Waals surface area contributed by atoms with E-state index in [0.717, 1.165) is 24.2 Å². The van der Waals surface area contributed by atoms with E-state index in [1.165, 1.54) is 11.1 Å². The zero-order chi connectivity index (χ0) is 18.1. The van der Waals surface area contributed by atoms with E-state index in [1.807, 2.05) is 24.3 Å². The number of ether oxygens (including phenoxy) is 2. The van der Waals surface area contributed by atoms with Crippen LogP contribution in [0.25, 0.3) is 0 Å². The molecule has 26 heavy (non-hydrogen) atoms. The molecule has 134 valence electrons. The Morgan fingerprint density at radius 2 is 1.88 bits per heavy atom. The second-order valence-corrected chi connectivity index (χ2v) is 6.91. The number of rotatable bonds is 3. The molecule has 0 bridgehead atoms. The Labute approximate surface area is 153 Å². The molecule has 0 saturated heterocycles. The summed E-state index contributed by atoms with van der Waals surface area (Å²) in [6.45, 7) is 0.254. The van der Waals surface area contributed by atoms with Gasteiger partial charge in [-0.2, -0.15) is 0 Å². The lowest BCUT2D eigenvalue weighted by molar-refractivity contribution is -0.141. The van der Waals surface area contributed by atoms with Crippen LogP contribution in [0.5, 0.6) is 5.75 Å². The second-order valence-electron chi connectivity index (χ2n) is 6.91. The number of aliphatic hydroxyl groups is 1. The molecule has 0 aromatic heterocycles. The number of methoxy groups -OCH3 is 1. The van der Waals surface area contributed by atoms with E-state index in [0.29, 0.717) is 12.0 Å². The van der Waals surface area contributed by atoms with E-state index in [1.54, 1.807) is 7.11 Å². The number of carbonyl (C=O) groups is 1. The van der Waals surface area contributed by atoms with Crippen LogP contribution in [0.4, 0.5) is 0 Å². The first kappa shape index (κ1) is 16.7. The molecule has 4 heteroatoms. The normalized spacial score (nSPS) is 22.6. The summed E-state index contributed by atoms with van der Waals surface area (Å²) in [5.74, 6) is 0.758. The minimum atomic E-state index is -0.385. The van der Waals surface area contributed by atoms with Crippen molar-refractivity contribution in [1.29, 1.82) is 0 Å². The van der Waals surface area contributed by atoms with Crippen molar-refractivity contribution >= 4 is 5.97 Å². The SMILES string of the molecule is COc1ccc(C2Cc3ccccc3C(C3=C(O)CCOC3=O)C2)cc1. The number of fused-ring (bicyclic) bond motifs is 1. The van der Waals surface area contributed by atoms with Gasteiger partial charge in [0.05, 0.1) is 19.3 Å². The van der Waals surface area contributed by atoms with Crippen LogP contribution in [0.1, 0.15) is 41.4 Å². The topological polar surface area (TPSA) is 55.8 Å². The lowest BCUT2D eigenvalue weighted by atomic mass is 9.71. The molecular formula is C22H22O4. The van der Waals surface area contributed by atoms with Crippen molar-refractivity contribution in [3.63, 3.8) is 0 Å². The molecule has 2 aromatic rings. The molecule has 0 saturated carbocycles. The maximum absolute atomic E-state index is 12.4. The largest absolute Gasteiger partial charge is 0.512 e. The summed E-state index contributed by atoms with van der Waals surface area (Å²) in [5, 5.41) is 10.4. The molecule has 0 radical (unpaired) electrons.